The fourth-order valence-corrected chi connectivity index (χ4v) is 4.00. The number of rotatable bonds is 4. The van der Waals surface area contributed by atoms with Crippen molar-refractivity contribution in [2.45, 2.75) is 12.8 Å². The number of amides is 1. The minimum absolute atomic E-state index is 0.115. The molecular weight excluding hydrogens is 358 g/mol. The number of thioether (sulfide) groups is 1. The second-order valence-electron chi connectivity index (χ2n) is 6.47. The van der Waals surface area contributed by atoms with Crippen LogP contribution in [0.1, 0.15) is 18.4 Å². The van der Waals surface area contributed by atoms with Crippen LogP contribution >= 0.6 is 11.8 Å². The first kappa shape index (κ1) is 17.7. The summed E-state index contributed by atoms with van der Waals surface area (Å²) in [6, 6.07) is 15.8. The van der Waals surface area contributed by atoms with Crippen LogP contribution in [-0.2, 0) is 4.79 Å². The van der Waals surface area contributed by atoms with Crippen molar-refractivity contribution in [2.24, 2.45) is 4.99 Å². The highest BCUT2D eigenvalue weighted by Crippen LogP contribution is 2.29. The van der Waals surface area contributed by atoms with Gasteiger partial charge in [-0.25, -0.2) is 4.99 Å². The zero-order valence-corrected chi connectivity index (χ0v) is 16.0. The molecule has 0 spiro atoms. The van der Waals surface area contributed by atoms with Gasteiger partial charge in [-0.2, -0.15) is 0 Å². The maximum absolute atomic E-state index is 12.2. The molecule has 0 aliphatic carbocycles. The van der Waals surface area contributed by atoms with Crippen molar-refractivity contribution in [3.8, 4) is 5.75 Å². The van der Waals surface area contributed by atoms with E-state index >= 15 is 0 Å². The molecule has 6 heteroatoms. The van der Waals surface area contributed by atoms with Crippen LogP contribution < -0.4 is 15.0 Å². The number of carbonyl (C=O) groups excluding carboxylic acids is 1. The lowest BCUT2D eigenvalue weighted by Crippen LogP contribution is -2.19. The molecule has 2 heterocycles. The summed E-state index contributed by atoms with van der Waals surface area (Å²) < 4.78 is 5.14. The lowest BCUT2D eigenvalue weighted by molar-refractivity contribution is -0.115. The molecule has 2 aromatic rings. The SMILES string of the molecule is COc1ccc(N=C2NC(=O)/C(=C\c3ccc(N4CCCC4)cc3)S2)cc1. The van der Waals surface area contributed by atoms with Crippen molar-refractivity contribution in [1.82, 2.24) is 5.32 Å². The maximum atomic E-state index is 12.2. The number of benzene rings is 2. The molecule has 138 valence electrons. The predicted octanol–water partition coefficient (Wildman–Crippen LogP) is 4.19. The number of hydrogen-bond donors (Lipinski definition) is 1. The Morgan fingerprint density at radius 3 is 2.44 bits per heavy atom. The zero-order chi connectivity index (χ0) is 18.6. The second-order valence-corrected chi connectivity index (χ2v) is 7.50. The van der Waals surface area contributed by atoms with E-state index in [1.165, 1.54) is 30.3 Å². The normalized spacial score (nSPS) is 19.7. The minimum Gasteiger partial charge on any atom is -0.497 e. The van der Waals surface area contributed by atoms with Crippen molar-refractivity contribution in [2.75, 3.05) is 25.1 Å². The Kier molecular flexibility index (Phi) is 5.16. The fourth-order valence-electron chi connectivity index (χ4n) is 3.16. The molecule has 2 aromatic carbocycles. The molecule has 0 bridgehead atoms. The van der Waals surface area contributed by atoms with Gasteiger partial charge in [-0.1, -0.05) is 12.1 Å². The van der Waals surface area contributed by atoms with E-state index in [0.29, 0.717) is 10.1 Å². The Morgan fingerprint density at radius 1 is 1.07 bits per heavy atom. The van der Waals surface area contributed by atoms with Gasteiger partial charge in [-0.05, 0) is 72.6 Å². The lowest BCUT2D eigenvalue weighted by atomic mass is 10.2. The molecule has 2 fully saturated rings. The minimum atomic E-state index is -0.115. The molecule has 2 saturated heterocycles. The van der Waals surface area contributed by atoms with Gasteiger partial charge in [-0.3, -0.25) is 4.79 Å². The van der Waals surface area contributed by atoms with Gasteiger partial charge < -0.3 is 15.0 Å². The van der Waals surface area contributed by atoms with Crippen molar-refractivity contribution in [3.63, 3.8) is 0 Å². The highest BCUT2D eigenvalue weighted by Gasteiger charge is 2.23. The van der Waals surface area contributed by atoms with Gasteiger partial charge in [0.05, 0.1) is 17.7 Å². The van der Waals surface area contributed by atoms with Crippen molar-refractivity contribution in [1.29, 1.82) is 0 Å². The Bertz CT molecular complexity index is 883. The van der Waals surface area contributed by atoms with Crippen molar-refractivity contribution in [3.05, 3.63) is 59.0 Å². The molecule has 1 N–H and O–H groups in total. The third-order valence-corrected chi connectivity index (χ3v) is 5.53. The first-order valence-electron chi connectivity index (χ1n) is 9.00. The first-order valence-corrected chi connectivity index (χ1v) is 9.81. The van der Waals surface area contributed by atoms with Crippen LogP contribution in [0.15, 0.2) is 58.4 Å². The number of nitrogens with zero attached hydrogens (tertiary/aromatic N) is 2. The summed E-state index contributed by atoms with van der Waals surface area (Å²) in [6.45, 7) is 2.26. The summed E-state index contributed by atoms with van der Waals surface area (Å²) in [5, 5.41) is 3.41. The molecule has 5 nitrogen and oxygen atoms in total. The zero-order valence-electron chi connectivity index (χ0n) is 15.1. The number of hydrogen-bond acceptors (Lipinski definition) is 5. The monoisotopic (exact) mass is 379 g/mol. The lowest BCUT2D eigenvalue weighted by Gasteiger charge is -2.17. The standard InChI is InChI=1S/C21H21N3O2S/c1-26-18-10-6-16(7-11-18)22-21-23-20(25)19(27-21)14-15-4-8-17(9-5-15)24-12-2-3-13-24/h4-11,14H,2-3,12-13H2,1H3,(H,22,23,25)/b19-14+. The third kappa shape index (κ3) is 4.17. The van der Waals surface area contributed by atoms with E-state index in [0.717, 1.165) is 30.1 Å². The average Bonchev–Trinajstić information content (AvgIpc) is 3.34. The molecule has 0 unspecified atom stereocenters. The van der Waals surface area contributed by atoms with Gasteiger partial charge in [0.25, 0.3) is 5.91 Å². The summed E-state index contributed by atoms with van der Waals surface area (Å²) in [5.41, 5.74) is 3.04. The van der Waals surface area contributed by atoms with Crippen LogP contribution in [0.25, 0.3) is 6.08 Å². The number of methoxy groups -OCH3 is 1. The topological polar surface area (TPSA) is 53.9 Å². The highest BCUT2D eigenvalue weighted by molar-refractivity contribution is 8.18. The van der Waals surface area contributed by atoms with Gasteiger partial charge in [-0.15, -0.1) is 0 Å². The number of aliphatic imine (C=N–C) groups is 1. The Balaban J connectivity index is 1.47. The quantitative estimate of drug-likeness (QED) is 0.810. The smallest absolute Gasteiger partial charge is 0.264 e. The summed E-state index contributed by atoms with van der Waals surface area (Å²) >= 11 is 1.36. The Hall–Kier alpha value is -2.73. The van der Waals surface area contributed by atoms with Crippen LogP contribution in [0.4, 0.5) is 11.4 Å². The van der Waals surface area contributed by atoms with E-state index in [-0.39, 0.29) is 5.91 Å². The van der Waals surface area contributed by atoms with E-state index in [2.05, 4.69) is 39.5 Å². The molecule has 4 rings (SSSR count). The molecule has 27 heavy (non-hydrogen) atoms. The molecular formula is C21H21N3O2S. The van der Waals surface area contributed by atoms with Crippen molar-refractivity contribution < 1.29 is 9.53 Å². The first-order chi connectivity index (χ1) is 13.2. The van der Waals surface area contributed by atoms with Crippen LogP contribution in [0, 0.1) is 0 Å². The number of carbonyl (C=O) groups is 1. The maximum Gasteiger partial charge on any atom is 0.264 e. The number of ether oxygens (including phenoxy) is 1. The Morgan fingerprint density at radius 2 is 1.78 bits per heavy atom. The second kappa shape index (κ2) is 7.88. The van der Waals surface area contributed by atoms with E-state index in [1.807, 2.05) is 30.3 Å². The van der Waals surface area contributed by atoms with E-state index in [1.54, 1.807) is 7.11 Å². The molecule has 0 radical (unpaired) electrons. The van der Waals surface area contributed by atoms with E-state index < -0.39 is 0 Å². The number of amidine groups is 1. The van der Waals surface area contributed by atoms with Crippen LogP contribution in [0.3, 0.4) is 0 Å². The summed E-state index contributed by atoms with van der Waals surface area (Å²) in [5.74, 6) is 0.663. The van der Waals surface area contributed by atoms with Gasteiger partial charge in [0.1, 0.15) is 5.75 Å². The Labute approximate surface area is 163 Å². The molecule has 0 saturated carbocycles. The summed E-state index contributed by atoms with van der Waals surface area (Å²) in [4.78, 5) is 19.8. The molecule has 0 atom stereocenters. The largest absolute Gasteiger partial charge is 0.497 e. The molecule has 1 amide bonds. The third-order valence-electron chi connectivity index (χ3n) is 4.62. The average molecular weight is 379 g/mol. The van der Waals surface area contributed by atoms with Crippen LogP contribution in [0.5, 0.6) is 5.75 Å². The van der Waals surface area contributed by atoms with E-state index in [9.17, 15) is 4.79 Å². The van der Waals surface area contributed by atoms with Gasteiger partial charge in [0.2, 0.25) is 0 Å². The summed E-state index contributed by atoms with van der Waals surface area (Å²) in [6.07, 6.45) is 4.43. The van der Waals surface area contributed by atoms with E-state index in [4.69, 9.17) is 4.74 Å². The van der Waals surface area contributed by atoms with Gasteiger partial charge in [0, 0.05) is 18.8 Å². The predicted molar refractivity (Wildman–Crippen MR) is 112 cm³/mol. The number of anilines is 1. The van der Waals surface area contributed by atoms with Gasteiger partial charge in [0.15, 0.2) is 5.17 Å². The number of nitrogens with one attached hydrogen (secondary N) is 1. The molecule has 2 aliphatic rings. The van der Waals surface area contributed by atoms with Crippen LogP contribution in [-0.4, -0.2) is 31.3 Å². The fraction of sp³-hybridized carbons (Fsp3) is 0.238. The molecule has 0 aromatic heterocycles. The van der Waals surface area contributed by atoms with Crippen LogP contribution in [0.2, 0.25) is 0 Å². The molecule has 2 aliphatic heterocycles. The highest BCUT2D eigenvalue weighted by atomic mass is 32.2. The summed E-state index contributed by atoms with van der Waals surface area (Å²) in [7, 11) is 1.63. The van der Waals surface area contributed by atoms with Crippen molar-refractivity contribution >= 4 is 40.3 Å². The van der Waals surface area contributed by atoms with Gasteiger partial charge >= 0.3 is 0 Å².